The van der Waals surface area contributed by atoms with E-state index >= 15 is 0 Å². The minimum atomic E-state index is -0.699. The van der Waals surface area contributed by atoms with Gasteiger partial charge in [0.2, 0.25) is 0 Å². The highest BCUT2D eigenvalue weighted by Crippen LogP contribution is 2.67. The molecular weight excluding hydrogens is 300 g/mol. The van der Waals surface area contributed by atoms with Crippen LogP contribution in [0.2, 0.25) is 0 Å². The molecule has 0 saturated heterocycles. The van der Waals surface area contributed by atoms with E-state index in [-0.39, 0.29) is 22.7 Å². The molecule has 0 aliphatic heterocycles. The first kappa shape index (κ1) is 16.8. The summed E-state index contributed by atoms with van der Waals surface area (Å²) >= 11 is 0. The van der Waals surface area contributed by atoms with Crippen LogP contribution in [0.1, 0.15) is 72.1 Å². The number of fused-ring (bicyclic) bond motifs is 5. The molecule has 0 bridgehead atoms. The largest absolute Gasteiger partial charge is 0.393 e. The molecule has 0 amide bonds. The molecule has 0 radical (unpaired) electrons. The van der Waals surface area contributed by atoms with Gasteiger partial charge in [-0.2, -0.15) is 0 Å². The number of rotatable bonds is 1. The molecule has 0 aromatic carbocycles. The maximum atomic E-state index is 12.1. The first-order valence-electron chi connectivity index (χ1n) is 9.83. The summed E-state index contributed by atoms with van der Waals surface area (Å²) < 4.78 is 0. The molecule has 4 aliphatic carbocycles. The van der Waals surface area contributed by atoms with Gasteiger partial charge in [0.05, 0.1) is 11.7 Å². The van der Waals surface area contributed by atoms with Crippen molar-refractivity contribution in [3.63, 3.8) is 0 Å². The first-order chi connectivity index (χ1) is 11.2. The first-order valence-corrected chi connectivity index (χ1v) is 9.83. The quantitative estimate of drug-likeness (QED) is 0.771. The van der Waals surface area contributed by atoms with Crippen molar-refractivity contribution >= 4 is 5.78 Å². The van der Waals surface area contributed by atoms with Gasteiger partial charge in [-0.25, -0.2) is 0 Å². The second-order valence-corrected chi connectivity index (χ2v) is 9.63. The number of carbonyl (C=O) groups is 1. The van der Waals surface area contributed by atoms with Gasteiger partial charge in [0, 0.05) is 6.42 Å². The molecule has 0 spiro atoms. The summed E-state index contributed by atoms with van der Waals surface area (Å²) in [6.45, 7) is 6.31. The number of hydrogen-bond donors (Lipinski definition) is 2. The number of aliphatic hydroxyl groups is 2. The highest BCUT2D eigenvalue weighted by atomic mass is 16.3. The molecule has 24 heavy (non-hydrogen) atoms. The van der Waals surface area contributed by atoms with E-state index < -0.39 is 5.60 Å². The third-order valence-corrected chi connectivity index (χ3v) is 8.74. The summed E-state index contributed by atoms with van der Waals surface area (Å²) in [5.41, 5.74) is 0.341. The van der Waals surface area contributed by atoms with Crippen LogP contribution in [0.25, 0.3) is 0 Å². The van der Waals surface area contributed by atoms with Crippen LogP contribution in [0.4, 0.5) is 0 Å². The van der Waals surface area contributed by atoms with Gasteiger partial charge in [-0.15, -0.1) is 0 Å². The van der Waals surface area contributed by atoms with Crippen LogP contribution in [-0.4, -0.2) is 27.7 Å². The number of Topliss-reactive ketones (excluding diaryl/α,β-unsaturated/α-hetero) is 1. The highest BCUT2D eigenvalue weighted by molar-refractivity contribution is 5.95. The topological polar surface area (TPSA) is 57.5 Å². The number of allylic oxidation sites excluding steroid dienone is 2. The Hall–Kier alpha value is -0.670. The fourth-order valence-electron chi connectivity index (χ4n) is 7.34. The maximum Gasteiger partial charge on any atom is 0.156 e. The van der Waals surface area contributed by atoms with Crippen molar-refractivity contribution in [1.82, 2.24) is 0 Å². The molecular formula is C21H32O3. The summed E-state index contributed by atoms with van der Waals surface area (Å²) in [6, 6.07) is 0. The van der Waals surface area contributed by atoms with Crippen molar-refractivity contribution in [3.05, 3.63) is 11.6 Å². The smallest absolute Gasteiger partial charge is 0.156 e. The summed E-state index contributed by atoms with van der Waals surface area (Å²) in [5, 5.41) is 21.5. The lowest BCUT2D eigenvalue weighted by Gasteiger charge is -2.63. The Morgan fingerprint density at radius 1 is 1.12 bits per heavy atom. The van der Waals surface area contributed by atoms with Crippen molar-refractivity contribution in [2.75, 3.05) is 0 Å². The van der Waals surface area contributed by atoms with E-state index in [2.05, 4.69) is 19.9 Å². The second-order valence-electron chi connectivity index (χ2n) is 9.63. The molecule has 3 nitrogen and oxygen atoms in total. The summed E-state index contributed by atoms with van der Waals surface area (Å²) in [4.78, 5) is 12.1. The van der Waals surface area contributed by atoms with E-state index in [1.807, 2.05) is 0 Å². The number of aliphatic hydroxyl groups excluding tert-OH is 1. The Kier molecular flexibility index (Phi) is 3.61. The number of ketones is 1. The third kappa shape index (κ3) is 2.00. The van der Waals surface area contributed by atoms with Crippen LogP contribution in [0.15, 0.2) is 11.6 Å². The minimum Gasteiger partial charge on any atom is -0.393 e. The molecule has 2 N–H and O–H groups in total. The molecule has 134 valence electrons. The maximum absolute atomic E-state index is 12.1. The molecule has 4 aliphatic rings. The van der Waals surface area contributed by atoms with Crippen molar-refractivity contribution < 1.29 is 15.0 Å². The predicted molar refractivity (Wildman–Crippen MR) is 93.3 cm³/mol. The van der Waals surface area contributed by atoms with Gasteiger partial charge >= 0.3 is 0 Å². The fraction of sp³-hybridized carbons (Fsp3) is 0.857. The molecule has 4 rings (SSSR count). The summed E-state index contributed by atoms with van der Waals surface area (Å²) in [5.74, 6) is 1.94. The Bertz CT molecular complexity index is 596. The lowest BCUT2D eigenvalue weighted by atomic mass is 9.43. The van der Waals surface area contributed by atoms with E-state index in [1.165, 1.54) is 0 Å². The minimum absolute atomic E-state index is 0.0486. The summed E-state index contributed by atoms with van der Waals surface area (Å²) in [6.07, 6.45) is 9.23. The highest BCUT2D eigenvalue weighted by Gasteiger charge is 2.63. The van der Waals surface area contributed by atoms with Crippen molar-refractivity contribution in [1.29, 1.82) is 0 Å². The van der Waals surface area contributed by atoms with Gasteiger partial charge in [-0.05, 0) is 86.0 Å². The van der Waals surface area contributed by atoms with Gasteiger partial charge < -0.3 is 10.2 Å². The van der Waals surface area contributed by atoms with E-state index in [0.29, 0.717) is 24.2 Å². The molecule has 0 aromatic rings. The van der Waals surface area contributed by atoms with Gasteiger partial charge in [0.15, 0.2) is 5.78 Å². The average molecular weight is 332 g/mol. The van der Waals surface area contributed by atoms with E-state index in [0.717, 1.165) is 50.5 Å². The Morgan fingerprint density at radius 3 is 2.58 bits per heavy atom. The monoisotopic (exact) mass is 332 g/mol. The normalized spacial score (nSPS) is 53.6. The fourth-order valence-corrected chi connectivity index (χ4v) is 7.34. The zero-order chi connectivity index (χ0) is 17.3. The van der Waals surface area contributed by atoms with Crippen LogP contribution in [0.5, 0.6) is 0 Å². The van der Waals surface area contributed by atoms with E-state index in [1.54, 1.807) is 6.92 Å². The van der Waals surface area contributed by atoms with Crippen molar-refractivity contribution in [2.45, 2.75) is 83.8 Å². The third-order valence-electron chi connectivity index (χ3n) is 8.74. The molecule has 7 atom stereocenters. The van der Waals surface area contributed by atoms with Gasteiger partial charge in [-0.3, -0.25) is 4.79 Å². The molecule has 0 heterocycles. The SMILES string of the molecule is CC(=O)C1=CC[C@H]2[C@@H]3CCC4(O)CC(O)CC[C@]4(C)[C@H]3CC[C@]12C. The van der Waals surface area contributed by atoms with Gasteiger partial charge in [0.1, 0.15) is 0 Å². The molecule has 3 saturated carbocycles. The van der Waals surface area contributed by atoms with Gasteiger partial charge in [0.25, 0.3) is 0 Å². The van der Waals surface area contributed by atoms with Crippen LogP contribution >= 0.6 is 0 Å². The van der Waals surface area contributed by atoms with Crippen LogP contribution < -0.4 is 0 Å². The molecule has 0 aromatic heterocycles. The van der Waals surface area contributed by atoms with Crippen LogP contribution in [-0.2, 0) is 4.79 Å². The number of carbonyl (C=O) groups excluding carboxylic acids is 1. The zero-order valence-electron chi connectivity index (χ0n) is 15.3. The van der Waals surface area contributed by atoms with E-state index in [4.69, 9.17) is 0 Å². The second kappa shape index (κ2) is 5.17. The van der Waals surface area contributed by atoms with Crippen molar-refractivity contribution in [2.24, 2.45) is 28.6 Å². The molecule has 3 heteroatoms. The molecule has 3 fully saturated rings. The Labute approximate surface area is 145 Å². The van der Waals surface area contributed by atoms with Crippen LogP contribution in [0, 0.1) is 28.6 Å². The summed E-state index contributed by atoms with van der Waals surface area (Å²) in [7, 11) is 0. The Morgan fingerprint density at radius 2 is 1.88 bits per heavy atom. The lowest BCUT2D eigenvalue weighted by Crippen LogP contribution is -2.62. The van der Waals surface area contributed by atoms with Crippen molar-refractivity contribution in [3.8, 4) is 0 Å². The van der Waals surface area contributed by atoms with Crippen LogP contribution in [0.3, 0.4) is 0 Å². The average Bonchev–Trinajstić information content (AvgIpc) is 2.86. The Balaban J connectivity index is 1.66. The van der Waals surface area contributed by atoms with Gasteiger partial charge in [-0.1, -0.05) is 19.9 Å². The molecule has 2 unspecified atom stereocenters. The standard InChI is InChI=1S/C21H32O3/c1-13(22)16-4-5-17-15-7-11-21(24)12-14(23)6-10-20(21,3)18(15)8-9-19(16,17)2/h4,14-15,17-18,23-24H,5-12H2,1-3H3/t14?,15-,17-,18-,19+,20+,21?/m0/s1. The number of hydrogen-bond acceptors (Lipinski definition) is 3. The lowest BCUT2D eigenvalue weighted by molar-refractivity contribution is -0.216. The zero-order valence-corrected chi connectivity index (χ0v) is 15.3. The predicted octanol–water partition coefficient (Wildman–Crippen LogP) is 3.63. The van der Waals surface area contributed by atoms with E-state index in [9.17, 15) is 15.0 Å².